The maximum absolute atomic E-state index is 14.3. The van der Waals surface area contributed by atoms with E-state index in [0.717, 1.165) is 22.6 Å². The number of thiazole rings is 1. The molecule has 1 aliphatic heterocycles. The fourth-order valence-electron chi connectivity index (χ4n) is 5.81. The molecule has 0 N–H and O–H groups in total. The molecule has 0 unspecified atom stereocenters. The van der Waals surface area contributed by atoms with E-state index in [-0.39, 0.29) is 24.3 Å². The Morgan fingerprint density at radius 3 is 2.45 bits per heavy atom. The van der Waals surface area contributed by atoms with Crippen LogP contribution in [-0.4, -0.2) is 48.0 Å². The van der Waals surface area contributed by atoms with Crippen molar-refractivity contribution in [1.82, 2.24) is 9.13 Å². The minimum absolute atomic E-state index is 0.160. The van der Waals surface area contributed by atoms with Crippen LogP contribution in [0.25, 0.3) is 11.8 Å². The molecule has 246 valence electrons. The van der Waals surface area contributed by atoms with E-state index in [1.54, 1.807) is 36.6 Å². The molecule has 0 bridgehead atoms. The van der Waals surface area contributed by atoms with Gasteiger partial charge in [-0.1, -0.05) is 29.5 Å². The number of methoxy groups -OCH3 is 1. The molecule has 2 aromatic carbocycles. The Balaban J connectivity index is 1.67. The van der Waals surface area contributed by atoms with Gasteiger partial charge >= 0.3 is 11.9 Å². The van der Waals surface area contributed by atoms with Crippen LogP contribution in [0.3, 0.4) is 0 Å². The fourth-order valence-corrected chi connectivity index (χ4v) is 6.85. The number of fused-ring (bicyclic) bond motifs is 1. The van der Waals surface area contributed by atoms with Gasteiger partial charge in [0, 0.05) is 17.1 Å². The van der Waals surface area contributed by atoms with Gasteiger partial charge in [-0.15, -0.1) is 0 Å². The maximum Gasteiger partial charge on any atom is 0.343 e. The van der Waals surface area contributed by atoms with Crippen LogP contribution >= 0.6 is 11.3 Å². The third-order valence-corrected chi connectivity index (χ3v) is 9.23. The van der Waals surface area contributed by atoms with Crippen molar-refractivity contribution in [2.45, 2.75) is 54.5 Å². The summed E-state index contributed by atoms with van der Waals surface area (Å²) in [5, 5.41) is 0. The lowest BCUT2D eigenvalue weighted by atomic mass is 9.95. The molecule has 0 radical (unpaired) electrons. The lowest BCUT2D eigenvalue weighted by molar-refractivity contribution is -0.143. The van der Waals surface area contributed by atoms with Crippen molar-refractivity contribution in [3.8, 4) is 17.2 Å². The van der Waals surface area contributed by atoms with Gasteiger partial charge in [-0.25, -0.2) is 14.6 Å². The molecule has 0 amide bonds. The van der Waals surface area contributed by atoms with Gasteiger partial charge in [0.2, 0.25) is 0 Å². The van der Waals surface area contributed by atoms with Crippen LogP contribution in [-0.2, 0) is 19.1 Å². The Kier molecular flexibility index (Phi) is 9.85. The molecule has 5 rings (SSSR count). The number of carbonyl (C=O) groups excluding carboxylic acids is 2. The van der Waals surface area contributed by atoms with Crippen LogP contribution in [0.15, 0.2) is 63.5 Å². The highest BCUT2D eigenvalue weighted by molar-refractivity contribution is 7.07. The summed E-state index contributed by atoms with van der Waals surface area (Å²) in [5.41, 5.74) is 7.48. The second kappa shape index (κ2) is 13.8. The molecule has 11 heteroatoms. The summed E-state index contributed by atoms with van der Waals surface area (Å²) >= 11 is 1.27. The Morgan fingerprint density at radius 2 is 1.74 bits per heavy atom. The van der Waals surface area contributed by atoms with Gasteiger partial charge < -0.3 is 23.5 Å². The molecule has 0 fully saturated rings. The number of benzene rings is 2. The van der Waals surface area contributed by atoms with Crippen molar-refractivity contribution < 1.29 is 28.5 Å². The lowest BCUT2D eigenvalue weighted by Crippen LogP contribution is -2.40. The van der Waals surface area contributed by atoms with Crippen molar-refractivity contribution in [1.29, 1.82) is 0 Å². The van der Waals surface area contributed by atoms with E-state index in [4.69, 9.17) is 23.9 Å². The van der Waals surface area contributed by atoms with Gasteiger partial charge in [0.1, 0.15) is 0 Å². The second-order valence-corrected chi connectivity index (χ2v) is 12.2. The van der Waals surface area contributed by atoms with Crippen molar-refractivity contribution in [2.24, 2.45) is 4.99 Å². The Hall–Kier alpha value is -4.90. The van der Waals surface area contributed by atoms with Gasteiger partial charge in [0.15, 0.2) is 22.9 Å². The van der Waals surface area contributed by atoms with Gasteiger partial charge in [-0.05, 0) is 101 Å². The van der Waals surface area contributed by atoms with E-state index in [9.17, 15) is 14.4 Å². The normalized spacial score (nSPS) is 14.5. The van der Waals surface area contributed by atoms with Crippen LogP contribution in [0, 0.1) is 27.7 Å². The van der Waals surface area contributed by atoms with Crippen molar-refractivity contribution in [3.05, 3.63) is 107 Å². The van der Waals surface area contributed by atoms with E-state index in [2.05, 4.69) is 43.5 Å². The fraction of sp³-hybridized carbons (Fsp3) is 0.333. The summed E-state index contributed by atoms with van der Waals surface area (Å²) in [6.07, 6.45) is 1.89. The molecule has 0 aliphatic carbocycles. The number of aromatic nitrogens is 2. The first-order chi connectivity index (χ1) is 22.5. The molecule has 2 aromatic heterocycles. The number of carbonyl (C=O) groups is 2. The van der Waals surface area contributed by atoms with Gasteiger partial charge in [0.25, 0.3) is 5.56 Å². The number of aryl methyl sites for hydroxylation is 2. The minimum Gasteiger partial charge on any atom is -0.490 e. The highest BCUT2D eigenvalue weighted by atomic mass is 32.1. The number of ether oxygens (including phenoxy) is 4. The summed E-state index contributed by atoms with van der Waals surface area (Å²) in [6.45, 7) is 13.8. The Morgan fingerprint density at radius 1 is 0.979 bits per heavy atom. The maximum atomic E-state index is 14.3. The van der Waals surface area contributed by atoms with Crippen molar-refractivity contribution in [2.75, 3.05) is 26.9 Å². The van der Waals surface area contributed by atoms with Gasteiger partial charge in [-0.2, -0.15) is 0 Å². The highest BCUT2D eigenvalue weighted by Gasteiger charge is 2.34. The predicted octanol–water partition coefficient (Wildman–Crippen LogP) is 4.77. The van der Waals surface area contributed by atoms with E-state index in [0.29, 0.717) is 38.7 Å². The molecule has 10 nitrogen and oxygen atoms in total. The van der Waals surface area contributed by atoms with Gasteiger partial charge in [0.05, 0.1) is 42.2 Å². The van der Waals surface area contributed by atoms with E-state index in [1.165, 1.54) is 29.6 Å². The number of allylic oxidation sites excluding steroid dienone is 1. The molecule has 0 saturated carbocycles. The average Bonchev–Trinajstić information content (AvgIpc) is 3.50. The molecule has 3 heterocycles. The van der Waals surface area contributed by atoms with E-state index >= 15 is 0 Å². The zero-order valence-electron chi connectivity index (χ0n) is 27.9. The zero-order chi connectivity index (χ0) is 34.0. The van der Waals surface area contributed by atoms with Crippen LogP contribution in [0.4, 0.5) is 0 Å². The number of esters is 2. The average molecular weight is 658 g/mol. The van der Waals surface area contributed by atoms with Gasteiger partial charge in [-0.3, -0.25) is 9.36 Å². The topological polar surface area (TPSA) is 110 Å². The van der Waals surface area contributed by atoms with Crippen LogP contribution in [0.2, 0.25) is 0 Å². The summed E-state index contributed by atoms with van der Waals surface area (Å²) in [7, 11) is 1.28. The predicted molar refractivity (Wildman–Crippen MR) is 180 cm³/mol. The largest absolute Gasteiger partial charge is 0.490 e. The summed E-state index contributed by atoms with van der Waals surface area (Å²) in [4.78, 5) is 44.6. The van der Waals surface area contributed by atoms with Crippen molar-refractivity contribution in [3.63, 3.8) is 0 Å². The first kappa shape index (κ1) is 33.5. The first-order valence-corrected chi connectivity index (χ1v) is 16.2. The SMILES string of the molecule is CCOC(=O)C1=C(C)N=c2s/c(=C\c3cc(C)n(-c4cccc(C)c4C)c3C)c(=O)n2[C@@H]1c1ccc(OCC(=O)OC)c(OCC)c1. The molecule has 0 saturated heterocycles. The van der Waals surface area contributed by atoms with E-state index < -0.39 is 18.0 Å². The monoisotopic (exact) mass is 657 g/mol. The molecule has 1 aliphatic rings. The first-order valence-electron chi connectivity index (χ1n) is 15.4. The number of rotatable bonds is 10. The Bertz CT molecular complexity index is 2080. The molecule has 0 spiro atoms. The highest BCUT2D eigenvalue weighted by Crippen LogP contribution is 2.36. The quantitative estimate of drug-likeness (QED) is 0.226. The smallest absolute Gasteiger partial charge is 0.343 e. The number of hydrogen-bond acceptors (Lipinski definition) is 9. The number of hydrogen-bond donors (Lipinski definition) is 0. The van der Waals surface area contributed by atoms with Crippen LogP contribution < -0.4 is 24.4 Å². The minimum atomic E-state index is -0.844. The van der Waals surface area contributed by atoms with E-state index in [1.807, 2.05) is 26.0 Å². The lowest BCUT2D eigenvalue weighted by Gasteiger charge is -2.25. The third kappa shape index (κ3) is 6.40. The molecule has 47 heavy (non-hydrogen) atoms. The molecular weight excluding hydrogens is 618 g/mol. The third-order valence-electron chi connectivity index (χ3n) is 8.25. The summed E-state index contributed by atoms with van der Waals surface area (Å²) in [6, 6.07) is 12.6. The molecular formula is C36H39N3O7S. The standard InChI is InChI=1S/C36H39N3O7S/c1-9-44-29-17-25(14-15-28(29)46-19-31(40)43-8)33-32(35(42)45-10-2)23(6)37-36-39(33)34(41)30(47-36)18-26-16-21(4)38(24(26)7)27-13-11-12-20(3)22(27)5/h11-18,33H,9-10,19H2,1-8H3/b30-18-/t33-/m1/s1. The summed E-state index contributed by atoms with van der Waals surface area (Å²) in [5.74, 6) is -0.422. The van der Waals surface area contributed by atoms with Crippen LogP contribution in [0.5, 0.6) is 11.5 Å². The second-order valence-electron chi connectivity index (χ2n) is 11.2. The molecule has 4 aromatic rings. The zero-order valence-corrected chi connectivity index (χ0v) is 28.7. The summed E-state index contributed by atoms with van der Waals surface area (Å²) < 4.78 is 25.9. The molecule has 1 atom stereocenters. The number of nitrogens with zero attached hydrogens (tertiary/aromatic N) is 3. The van der Waals surface area contributed by atoms with Crippen LogP contribution in [0.1, 0.15) is 60.5 Å². The Labute approximate surface area is 277 Å². The van der Waals surface area contributed by atoms with Crippen molar-refractivity contribution >= 4 is 29.4 Å².